The lowest BCUT2D eigenvalue weighted by atomic mass is 10.2. The van der Waals surface area contributed by atoms with E-state index in [1.165, 1.54) is 11.3 Å². The summed E-state index contributed by atoms with van der Waals surface area (Å²) in [5, 5.41) is 3.95. The topological polar surface area (TPSA) is 15.3 Å². The summed E-state index contributed by atoms with van der Waals surface area (Å²) in [4.78, 5) is 2.15. The van der Waals surface area contributed by atoms with E-state index in [-0.39, 0.29) is 0 Å². The summed E-state index contributed by atoms with van der Waals surface area (Å²) in [7, 11) is 0. The molecule has 0 amide bonds. The number of nitrogens with zero attached hydrogens (tertiary/aromatic N) is 1. The third kappa shape index (κ3) is 2.02. The van der Waals surface area contributed by atoms with E-state index in [0.29, 0.717) is 0 Å². The number of hydrogen-bond acceptors (Lipinski definition) is 1. The Bertz CT molecular complexity index is 387. The molecule has 15 heavy (non-hydrogen) atoms. The van der Waals surface area contributed by atoms with Gasteiger partial charge in [-0.05, 0) is 30.3 Å². The van der Waals surface area contributed by atoms with Crippen molar-refractivity contribution in [2.45, 2.75) is 6.42 Å². The van der Waals surface area contributed by atoms with Gasteiger partial charge in [0.1, 0.15) is 0 Å². The highest BCUT2D eigenvalue weighted by Crippen LogP contribution is 2.27. The third-order valence-electron chi connectivity index (χ3n) is 2.53. The van der Waals surface area contributed by atoms with Gasteiger partial charge in [-0.15, -0.1) is 6.58 Å². The Kier molecular flexibility index (Phi) is 3.02. The van der Waals surface area contributed by atoms with Crippen molar-refractivity contribution in [3.8, 4) is 0 Å². The maximum atomic E-state index is 5.32. The van der Waals surface area contributed by atoms with Crippen LogP contribution in [0.4, 0.5) is 5.69 Å². The summed E-state index contributed by atoms with van der Waals surface area (Å²) in [5.74, 6) is 0. The van der Waals surface area contributed by atoms with Crippen LogP contribution in [0.15, 0.2) is 36.9 Å². The molecule has 3 heteroatoms. The maximum absolute atomic E-state index is 5.32. The van der Waals surface area contributed by atoms with Crippen molar-refractivity contribution in [1.29, 1.82) is 0 Å². The van der Waals surface area contributed by atoms with Crippen molar-refractivity contribution < 1.29 is 0 Å². The predicted octanol–water partition coefficient (Wildman–Crippen LogP) is 2.11. The summed E-state index contributed by atoms with van der Waals surface area (Å²) < 4.78 is 0. The van der Waals surface area contributed by atoms with Crippen LogP contribution in [0.25, 0.3) is 0 Å². The molecule has 0 aromatic heterocycles. The van der Waals surface area contributed by atoms with Crippen molar-refractivity contribution in [2.24, 2.45) is 0 Å². The number of rotatable bonds is 2. The monoisotopic (exact) mass is 218 g/mol. The van der Waals surface area contributed by atoms with Crippen LogP contribution in [0.1, 0.15) is 5.56 Å². The molecule has 1 heterocycles. The van der Waals surface area contributed by atoms with Gasteiger partial charge in [0.05, 0.1) is 0 Å². The van der Waals surface area contributed by atoms with E-state index < -0.39 is 0 Å². The molecule has 2 rings (SSSR count). The Hall–Kier alpha value is -1.35. The highest BCUT2D eigenvalue weighted by Gasteiger charge is 2.20. The minimum Gasteiger partial charge on any atom is -0.359 e. The minimum atomic E-state index is 0.720. The lowest BCUT2D eigenvalue weighted by Crippen LogP contribution is -2.38. The van der Waals surface area contributed by atoms with Gasteiger partial charge in [-0.2, -0.15) is 0 Å². The fourth-order valence-corrected chi connectivity index (χ4v) is 2.08. The molecular weight excluding hydrogens is 204 g/mol. The Labute approximate surface area is 95.6 Å². The molecular formula is C12H14N2S. The van der Waals surface area contributed by atoms with Crippen molar-refractivity contribution in [1.82, 2.24) is 5.32 Å². The molecule has 0 spiro atoms. The molecule has 78 valence electrons. The number of anilines is 1. The van der Waals surface area contributed by atoms with Crippen LogP contribution in [0, 0.1) is 0 Å². The number of hydrogen-bond donors (Lipinski definition) is 1. The zero-order chi connectivity index (χ0) is 10.7. The molecule has 0 saturated heterocycles. The normalized spacial score (nSPS) is 13.5. The average Bonchev–Trinajstić information content (AvgIpc) is 2.69. The minimum absolute atomic E-state index is 0.720. The second-order valence-electron chi connectivity index (χ2n) is 3.51. The van der Waals surface area contributed by atoms with E-state index >= 15 is 0 Å². The zero-order valence-electron chi connectivity index (χ0n) is 8.57. The molecule has 1 aromatic carbocycles. The van der Waals surface area contributed by atoms with Gasteiger partial charge in [-0.1, -0.05) is 24.3 Å². The largest absolute Gasteiger partial charge is 0.359 e. The molecule has 0 unspecified atom stereocenters. The quantitative estimate of drug-likeness (QED) is 0.604. The van der Waals surface area contributed by atoms with Gasteiger partial charge < -0.3 is 10.2 Å². The average molecular weight is 218 g/mol. The Balaban J connectivity index is 2.13. The maximum Gasteiger partial charge on any atom is 0.173 e. The van der Waals surface area contributed by atoms with Gasteiger partial charge in [-0.3, -0.25) is 0 Å². The molecule has 1 aromatic rings. The van der Waals surface area contributed by atoms with E-state index in [0.717, 1.165) is 24.6 Å². The molecule has 0 bridgehead atoms. The highest BCUT2D eigenvalue weighted by molar-refractivity contribution is 7.80. The second-order valence-corrected chi connectivity index (χ2v) is 3.89. The van der Waals surface area contributed by atoms with Crippen LogP contribution in [-0.2, 0) is 6.42 Å². The molecule has 0 radical (unpaired) electrons. The first-order valence-electron chi connectivity index (χ1n) is 5.07. The predicted molar refractivity (Wildman–Crippen MR) is 68.3 cm³/mol. The number of para-hydroxylation sites is 1. The van der Waals surface area contributed by atoms with Crippen molar-refractivity contribution in [3.05, 3.63) is 42.5 Å². The lowest BCUT2D eigenvalue weighted by molar-refractivity contribution is 0.964. The molecule has 0 aliphatic carbocycles. The summed E-state index contributed by atoms with van der Waals surface area (Å²) >= 11 is 5.32. The van der Waals surface area contributed by atoms with Gasteiger partial charge in [0, 0.05) is 18.8 Å². The number of benzene rings is 1. The summed E-state index contributed by atoms with van der Waals surface area (Å²) in [5.41, 5.74) is 2.61. The second kappa shape index (κ2) is 4.45. The fraction of sp³-hybridized carbons (Fsp3) is 0.250. The molecule has 1 aliphatic heterocycles. The highest BCUT2D eigenvalue weighted by atomic mass is 32.1. The molecule has 2 nitrogen and oxygen atoms in total. The van der Waals surface area contributed by atoms with E-state index in [4.69, 9.17) is 12.2 Å². The van der Waals surface area contributed by atoms with Crippen molar-refractivity contribution in [3.63, 3.8) is 0 Å². The zero-order valence-corrected chi connectivity index (χ0v) is 9.39. The lowest BCUT2D eigenvalue weighted by Gasteiger charge is -2.20. The molecule has 0 fully saturated rings. The summed E-state index contributed by atoms with van der Waals surface area (Å²) in [6, 6.07) is 8.39. The first kappa shape index (κ1) is 10.2. The van der Waals surface area contributed by atoms with Crippen molar-refractivity contribution in [2.75, 3.05) is 18.0 Å². The fourth-order valence-electron chi connectivity index (χ4n) is 1.80. The van der Waals surface area contributed by atoms with Crippen molar-refractivity contribution >= 4 is 23.0 Å². The van der Waals surface area contributed by atoms with Crippen LogP contribution >= 0.6 is 12.2 Å². The van der Waals surface area contributed by atoms with Gasteiger partial charge in [0.15, 0.2) is 5.11 Å². The molecule has 0 saturated carbocycles. The molecule has 0 atom stereocenters. The first-order valence-corrected chi connectivity index (χ1v) is 5.48. The van der Waals surface area contributed by atoms with E-state index in [1.54, 1.807) is 0 Å². The van der Waals surface area contributed by atoms with Crippen LogP contribution in [-0.4, -0.2) is 18.2 Å². The number of fused-ring (bicyclic) bond motifs is 1. The first-order chi connectivity index (χ1) is 7.33. The molecule has 1 aliphatic rings. The molecule has 1 N–H and O–H groups in total. The van der Waals surface area contributed by atoms with Gasteiger partial charge in [0.25, 0.3) is 0 Å². The Morgan fingerprint density at radius 1 is 1.53 bits per heavy atom. The Morgan fingerprint density at radius 2 is 2.33 bits per heavy atom. The van der Waals surface area contributed by atoms with Gasteiger partial charge >= 0.3 is 0 Å². The van der Waals surface area contributed by atoms with E-state index in [1.807, 2.05) is 12.1 Å². The van der Waals surface area contributed by atoms with E-state index in [2.05, 4.69) is 35.0 Å². The van der Waals surface area contributed by atoms with Crippen LogP contribution < -0.4 is 10.2 Å². The third-order valence-corrected chi connectivity index (χ3v) is 2.89. The van der Waals surface area contributed by atoms with E-state index in [9.17, 15) is 0 Å². The van der Waals surface area contributed by atoms with Gasteiger partial charge in [0.2, 0.25) is 0 Å². The summed E-state index contributed by atoms with van der Waals surface area (Å²) in [6.07, 6.45) is 2.89. The number of thiocarbonyl (C=S) groups is 1. The van der Waals surface area contributed by atoms with Crippen LogP contribution in [0.2, 0.25) is 0 Å². The van der Waals surface area contributed by atoms with Crippen LogP contribution in [0.5, 0.6) is 0 Å². The Morgan fingerprint density at radius 3 is 3.13 bits per heavy atom. The van der Waals surface area contributed by atoms with Crippen LogP contribution in [0.3, 0.4) is 0 Å². The van der Waals surface area contributed by atoms with Gasteiger partial charge in [-0.25, -0.2) is 0 Å². The number of nitrogens with one attached hydrogen (secondary N) is 1. The smallest absolute Gasteiger partial charge is 0.173 e. The standard InChI is InChI=1S/C12H14N2S/c1-2-8-13-12(15)14-9-7-10-5-3-4-6-11(10)14/h2-6H,1,7-9H2,(H,13,15). The summed E-state index contributed by atoms with van der Waals surface area (Å²) in [6.45, 7) is 5.36. The SMILES string of the molecule is C=CCNC(=S)N1CCc2ccccc21.